The van der Waals surface area contributed by atoms with Crippen molar-refractivity contribution in [1.82, 2.24) is 5.32 Å². The molecular formula is C16H25NO2. The quantitative estimate of drug-likeness (QED) is 0.732. The van der Waals surface area contributed by atoms with Crippen LogP contribution >= 0.6 is 0 Å². The molecule has 1 aliphatic carbocycles. The molecule has 0 atom stereocenters. The van der Waals surface area contributed by atoms with E-state index in [4.69, 9.17) is 9.47 Å². The Bertz CT molecular complexity index is 388. The van der Waals surface area contributed by atoms with E-state index in [1.54, 1.807) is 7.11 Å². The van der Waals surface area contributed by atoms with Crippen LogP contribution in [0.2, 0.25) is 0 Å². The van der Waals surface area contributed by atoms with E-state index in [2.05, 4.69) is 30.4 Å². The summed E-state index contributed by atoms with van der Waals surface area (Å²) >= 11 is 0. The minimum atomic E-state index is 0.740. The van der Waals surface area contributed by atoms with Gasteiger partial charge in [-0.25, -0.2) is 0 Å². The molecule has 0 spiro atoms. The standard InChI is InChI=1S/C16H25NO2/c1-13-5-3-8-15(11-17-9-10-18-2)16(13)19-12-14-6-4-7-14/h3,5,8,14,17H,4,6-7,9-12H2,1-2H3. The molecule has 0 amide bonds. The third kappa shape index (κ3) is 4.22. The van der Waals surface area contributed by atoms with Crippen LogP contribution in [-0.2, 0) is 11.3 Å². The Morgan fingerprint density at radius 3 is 2.84 bits per heavy atom. The van der Waals surface area contributed by atoms with Crippen LogP contribution in [-0.4, -0.2) is 26.9 Å². The fourth-order valence-electron chi connectivity index (χ4n) is 2.32. The molecule has 1 aromatic carbocycles. The van der Waals surface area contributed by atoms with Gasteiger partial charge in [0.2, 0.25) is 0 Å². The summed E-state index contributed by atoms with van der Waals surface area (Å²) in [4.78, 5) is 0. The first-order valence-corrected chi connectivity index (χ1v) is 7.22. The van der Waals surface area contributed by atoms with Crippen molar-refractivity contribution < 1.29 is 9.47 Å². The van der Waals surface area contributed by atoms with E-state index >= 15 is 0 Å². The average molecular weight is 263 g/mol. The summed E-state index contributed by atoms with van der Waals surface area (Å²) in [5, 5.41) is 3.38. The summed E-state index contributed by atoms with van der Waals surface area (Å²) in [7, 11) is 1.72. The predicted molar refractivity (Wildman–Crippen MR) is 77.6 cm³/mol. The molecule has 106 valence electrons. The van der Waals surface area contributed by atoms with Gasteiger partial charge >= 0.3 is 0 Å². The van der Waals surface area contributed by atoms with Crippen molar-refractivity contribution in [3.05, 3.63) is 29.3 Å². The second kappa shape index (κ2) is 7.51. The van der Waals surface area contributed by atoms with Crippen molar-refractivity contribution in [2.24, 2.45) is 5.92 Å². The van der Waals surface area contributed by atoms with E-state index in [-0.39, 0.29) is 0 Å². The van der Waals surface area contributed by atoms with Gasteiger partial charge in [-0.3, -0.25) is 0 Å². The number of para-hydroxylation sites is 1. The van der Waals surface area contributed by atoms with Gasteiger partial charge in [-0.15, -0.1) is 0 Å². The fraction of sp³-hybridized carbons (Fsp3) is 0.625. The van der Waals surface area contributed by atoms with Gasteiger partial charge < -0.3 is 14.8 Å². The number of methoxy groups -OCH3 is 1. The third-order valence-electron chi connectivity index (χ3n) is 3.78. The predicted octanol–water partition coefficient (Wildman–Crippen LogP) is 2.91. The van der Waals surface area contributed by atoms with Crippen LogP contribution in [0.25, 0.3) is 0 Å². The lowest BCUT2D eigenvalue weighted by atomic mass is 9.86. The minimum absolute atomic E-state index is 0.740. The lowest BCUT2D eigenvalue weighted by Crippen LogP contribution is -2.22. The molecule has 0 saturated heterocycles. The van der Waals surface area contributed by atoms with Gasteiger partial charge in [0.05, 0.1) is 13.2 Å². The van der Waals surface area contributed by atoms with Crippen LogP contribution in [0.15, 0.2) is 18.2 Å². The first-order chi connectivity index (χ1) is 9.31. The maximum absolute atomic E-state index is 6.06. The lowest BCUT2D eigenvalue weighted by molar-refractivity contribution is 0.178. The topological polar surface area (TPSA) is 30.5 Å². The van der Waals surface area contributed by atoms with Crippen LogP contribution in [0.4, 0.5) is 0 Å². The highest BCUT2D eigenvalue weighted by Gasteiger charge is 2.19. The minimum Gasteiger partial charge on any atom is -0.493 e. The van der Waals surface area contributed by atoms with Crippen molar-refractivity contribution in [2.75, 3.05) is 26.9 Å². The van der Waals surface area contributed by atoms with E-state index in [0.717, 1.165) is 38.0 Å². The zero-order valence-corrected chi connectivity index (χ0v) is 12.1. The van der Waals surface area contributed by atoms with Crippen LogP contribution in [0.3, 0.4) is 0 Å². The molecule has 0 unspecified atom stereocenters. The molecule has 1 saturated carbocycles. The van der Waals surface area contributed by atoms with Crippen molar-refractivity contribution in [3.8, 4) is 5.75 Å². The molecule has 0 bridgehead atoms. The molecule has 1 aromatic rings. The Morgan fingerprint density at radius 2 is 2.16 bits per heavy atom. The summed E-state index contributed by atoms with van der Waals surface area (Å²) < 4.78 is 11.1. The van der Waals surface area contributed by atoms with Gasteiger partial charge in [0.15, 0.2) is 0 Å². The Kier molecular flexibility index (Phi) is 5.67. The Hall–Kier alpha value is -1.06. The largest absolute Gasteiger partial charge is 0.493 e. The molecule has 3 heteroatoms. The smallest absolute Gasteiger partial charge is 0.126 e. The molecule has 1 aliphatic rings. The highest BCUT2D eigenvalue weighted by molar-refractivity contribution is 5.40. The van der Waals surface area contributed by atoms with Gasteiger partial charge in [0.25, 0.3) is 0 Å². The van der Waals surface area contributed by atoms with Crippen LogP contribution in [0.5, 0.6) is 5.75 Å². The number of benzene rings is 1. The van der Waals surface area contributed by atoms with Crippen LogP contribution in [0, 0.1) is 12.8 Å². The monoisotopic (exact) mass is 263 g/mol. The van der Waals surface area contributed by atoms with Crippen molar-refractivity contribution in [3.63, 3.8) is 0 Å². The van der Waals surface area contributed by atoms with E-state index in [1.165, 1.54) is 30.4 Å². The normalized spacial score (nSPS) is 15.3. The zero-order valence-electron chi connectivity index (χ0n) is 12.1. The molecule has 0 radical (unpaired) electrons. The fourth-order valence-corrected chi connectivity index (χ4v) is 2.32. The van der Waals surface area contributed by atoms with E-state index < -0.39 is 0 Å². The molecule has 1 N–H and O–H groups in total. The molecule has 0 aromatic heterocycles. The molecule has 1 fully saturated rings. The van der Waals surface area contributed by atoms with Crippen molar-refractivity contribution >= 4 is 0 Å². The van der Waals surface area contributed by atoms with Crippen LogP contribution < -0.4 is 10.1 Å². The van der Waals surface area contributed by atoms with Gasteiger partial charge in [-0.2, -0.15) is 0 Å². The van der Waals surface area contributed by atoms with Crippen LogP contribution in [0.1, 0.15) is 30.4 Å². The number of ether oxygens (including phenoxy) is 2. The van der Waals surface area contributed by atoms with Gasteiger partial charge in [-0.1, -0.05) is 24.6 Å². The molecule has 2 rings (SSSR count). The average Bonchev–Trinajstić information content (AvgIpc) is 2.35. The van der Waals surface area contributed by atoms with Gasteiger partial charge in [-0.05, 0) is 31.2 Å². The number of hydrogen-bond donors (Lipinski definition) is 1. The maximum Gasteiger partial charge on any atom is 0.126 e. The third-order valence-corrected chi connectivity index (χ3v) is 3.78. The van der Waals surface area contributed by atoms with E-state index in [9.17, 15) is 0 Å². The highest BCUT2D eigenvalue weighted by atomic mass is 16.5. The first-order valence-electron chi connectivity index (χ1n) is 7.22. The lowest BCUT2D eigenvalue weighted by Gasteiger charge is -2.26. The molecule has 0 aliphatic heterocycles. The Labute approximate surface area is 116 Å². The summed E-state index contributed by atoms with van der Waals surface area (Å²) in [6.07, 6.45) is 4.02. The molecular weight excluding hydrogens is 238 g/mol. The maximum atomic E-state index is 6.06. The highest BCUT2D eigenvalue weighted by Crippen LogP contribution is 2.29. The summed E-state index contributed by atoms with van der Waals surface area (Å²) in [5.74, 6) is 1.84. The first kappa shape index (κ1) is 14.4. The second-order valence-corrected chi connectivity index (χ2v) is 5.34. The number of hydrogen-bond acceptors (Lipinski definition) is 3. The summed E-state index contributed by atoms with van der Waals surface area (Å²) in [5.41, 5.74) is 2.47. The second-order valence-electron chi connectivity index (χ2n) is 5.34. The molecule has 3 nitrogen and oxygen atoms in total. The molecule has 19 heavy (non-hydrogen) atoms. The van der Waals surface area contributed by atoms with Gasteiger partial charge in [0, 0.05) is 25.8 Å². The summed E-state index contributed by atoms with van der Waals surface area (Å²) in [6, 6.07) is 6.36. The number of aryl methyl sites for hydroxylation is 1. The molecule has 0 heterocycles. The van der Waals surface area contributed by atoms with Crippen molar-refractivity contribution in [1.29, 1.82) is 0 Å². The van der Waals surface area contributed by atoms with Crippen molar-refractivity contribution in [2.45, 2.75) is 32.7 Å². The zero-order chi connectivity index (χ0) is 13.5. The summed E-state index contributed by atoms with van der Waals surface area (Å²) in [6.45, 7) is 5.44. The Balaban J connectivity index is 1.90. The van der Waals surface area contributed by atoms with E-state index in [0.29, 0.717) is 0 Å². The number of nitrogens with one attached hydrogen (secondary N) is 1. The van der Waals surface area contributed by atoms with E-state index in [1.807, 2.05) is 0 Å². The SMILES string of the molecule is COCCNCc1cccc(C)c1OCC1CCC1. The number of rotatable bonds is 8. The Morgan fingerprint density at radius 1 is 1.32 bits per heavy atom. The van der Waals surface area contributed by atoms with Gasteiger partial charge in [0.1, 0.15) is 5.75 Å².